The third-order valence-corrected chi connectivity index (χ3v) is 7.19. The molecule has 1 aromatic heterocycles. The first kappa shape index (κ1) is 21.5. The summed E-state index contributed by atoms with van der Waals surface area (Å²) in [4.78, 5) is 37.2. The molecule has 166 valence electrons. The Morgan fingerprint density at radius 3 is 2.84 bits per heavy atom. The topological polar surface area (TPSA) is 121 Å². The van der Waals surface area contributed by atoms with E-state index in [1.54, 1.807) is 0 Å². The summed E-state index contributed by atoms with van der Waals surface area (Å²) in [5.41, 5.74) is -1.65. The highest BCUT2D eigenvalue weighted by Crippen LogP contribution is 2.45. The molecule has 3 heterocycles. The lowest BCUT2D eigenvalue weighted by Gasteiger charge is -2.43. The quantitative estimate of drug-likeness (QED) is 0.606. The smallest absolute Gasteiger partial charge is 0.319 e. The Bertz CT molecular complexity index is 1120. The molecule has 31 heavy (non-hydrogen) atoms. The lowest BCUT2D eigenvalue weighted by molar-refractivity contribution is -0.111. The Hall–Kier alpha value is -2.75. The van der Waals surface area contributed by atoms with Crippen LogP contribution in [0.4, 0.5) is 13.6 Å². The van der Waals surface area contributed by atoms with E-state index in [4.69, 9.17) is 4.74 Å². The van der Waals surface area contributed by atoms with Gasteiger partial charge in [0.05, 0.1) is 13.2 Å². The van der Waals surface area contributed by atoms with Gasteiger partial charge in [-0.3, -0.25) is 14.2 Å². The standard InChI is InChI=1S/C19H20F2N3O6P/c1-10-4-5-30-15-9-23-8-14(17(25)16(23)18(26)24(10)15)31(28,29)19(27)22-7-11-2-3-12(20)6-13(11)21/h2-3,6,8,10,15,25H,4-5,7,9H2,1H3,(H,22,27)(H,28,29)/t10-,15+/m1/s1. The van der Waals surface area contributed by atoms with E-state index in [1.807, 2.05) is 6.92 Å². The van der Waals surface area contributed by atoms with Gasteiger partial charge in [-0.2, -0.15) is 0 Å². The molecule has 1 fully saturated rings. The molecule has 0 spiro atoms. The van der Waals surface area contributed by atoms with Crippen molar-refractivity contribution in [3.63, 3.8) is 0 Å². The number of aromatic nitrogens is 1. The van der Waals surface area contributed by atoms with Crippen molar-refractivity contribution in [2.45, 2.75) is 38.7 Å². The summed E-state index contributed by atoms with van der Waals surface area (Å²) in [6, 6.07) is 2.56. The molecule has 2 aliphatic heterocycles. The molecule has 1 unspecified atom stereocenters. The molecule has 2 aliphatic rings. The Morgan fingerprint density at radius 1 is 1.39 bits per heavy atom. The average molecular weight is 455 g/mol. The minimum absolute atomic E-state index is 0.0895. The van der Waals surface area contributed by atoms with Crippen molar-refractivity contribution < 1.29 is 37.7 Å². The van der Waals surface area contributed by atoms with Gasteiger partial charge in [-0.05, 0) is 19.4 Å². The maximum Gasteiger partial charge on any atom is 0.319 e. The first-order chi connectivity index (χ1) is 14.6. The molecule has 0 bridgehead atoms. The van der Waals surface area contributed by atoms with Crippen molar-refractivity contribution in [3.8, 4) is 5.75 Å². The van der Waals surface area contributed by atoms with E-state index in [-0.39, 0.29) is 23.8 Å². The molecule has 12 heteroatoms. The molecular formula is C19H20F2N3O6P. The minimum Gasteiger partial charge on any atom is -0.505 e. The van der Waals surface area contributed by atoms with E-state index in [0.717, 1.165) is 18.3 Å². The van der Waals surface area contributed by atoms with Crippen LogP contribution in [0, 0.1) is 11.6 Å². The van der Waals surface area contributed by atoms with E-state index >= 15 is 0 Å². The molecule has 2 amide bonds. The van der Waals surface area contributed by atoms with Gasteiger partial charge in [-0.1, -0.05) is 6.07 Å². The molecule has 1 aromatic carbocycles. The van der Waals surface area contributed by atoms with Crippen LogP contribution in [-0.4, -0.2) is 49.9 Å². The third kappa shape index (κ3) is 3.62. The monoisotopic (exact) mass is 455 g/mol. The Balaban J connectivity index is 1.59. The van der Waals surface area contributed by atoms with Crippen molar-refractivity contribution in [1.29, 1.82) is 0 Å². The zero-order valence-corrected chi connectivity index (χ0v) is 17.3. The fourth-order valence-corrected chi connectivity index (χ4v) is 5.01. The van der Waals surface area contributed by atoms with Gasteiger partial charge < -0.3 is 29.5 Å². The number of aromatic hydroxyl groups is 1. The van der Waals surface area contributed by atoms with Crippen LogP contribution in [0.25, 0.3) is 0 Å². The van der Waals surface area contributed by atoms with Crippen molar-refractivity contribution in [3.05, 3.63) is 47.3 Å². The number of rotatable bonds is 4. The van der Waals surface area contributed by atoms with Gasteiger partial charge in [0.15, 0.2) is 17.7 Å². The minimum atomic E-state index is -4.85. The number of fused-ring (bicyclic) bond motifs is 2. The number of carbonyl (C=O) groups is 2. The number of ether oxygens (including phenoxy) is 1. The zero-order valence-electron chi connectivity index (χ0n) is 16.4. The van der Waals surface area contributed by atoms with Gasteiger partial charge in [0, 0.05) is 30.4 Å². The number of amides is 2. The highest BCUT2D eigenvalue weighted by molar-refractivity contribution is 7.82. The lowest BCUT2D eigenvalue weighted by atomic mass is 10.1. The zero-order chi connectivity index (χ0) is 22.5. The Kier molecular flexibility index (Phi) is 5.36. The Morgan fingerprint density at radius 2 is 2.13 bits per heavy atom. The molecule has 0 aliphatic carbocycles. The molecule has 1 saturated heterocycles. The predicted molar refractivity (Wildman–Crippen MR) is 104 cm³/mol. The first-order valence-electron chi connectivity index (χ1n) is 9.53. The van der Waals surface area contributed by atoms with Gasteiger partial charge in [-0.25, -0.2) is 8.78 Å². The van der Waals surface area contributed by atoms with Crippen molar-refractivity contribution in [2.24, 2.45) is 0 Å². The number of hydrogen-bond acceptors (Lipinski definition) is 5. The molecule has 9 nitrogen and oxygen atoms in total. The van der Waals surface area contributed by atoms with Crippen LogP contribution in [0.15, 0.2) is 24.4 Å². The summed E-state index contributed by atoms with van der Waals surface area (Å²) in [5.74, 6) is -3.05. The van der Waals surface area contributed by atoms with Crippen LogP contribution in [0.3, 0.4) is 0 Å². The second-order valence-corrected chi connectivity index (χ2v) is 9.55. The summed E-state index contributed by atoms with van der Waals surface area (Å²) >= 11 is 0. The molecule has 0 saturated carbocycles. The van der Waals surface area contributed by atoms with Gasteiger partial charge >= 0.3 is 13.0 Å². The van der Waals surface area contributed by atoms with Crippen molar-refractivity contribution >= 4 is 24.2 Å². The molecular weight excluding hydrogens is 435 g/mol. The molecule has 2 aromatic rings. The summed E-state index contributed by atoms with van der Waals surface area (Å²) in [7, 11) is -4.85. The number of hydrogen-bond donors (Lipinski definition) is 3. The van der Waals surface area contributed by atoms with Crippen LogP contribution in [0.1, 0.15) is 29.4 Å². The largest absolute Gasteiger partial charge is 0.505 e. The second-order valence-electron chi connectivity index (χ2n) is 7.51. The summed E-state index contributed by atoms with van der Waals surface area (Å²) in [6.07, 6.45) is 1.11. The summed E-state index contributed by atoms with van der Waals surface area (Å²) in [6.45, 7) is 1.94. The van der Waals surface area contributed by atoms with E-state index in [1.165, 1.54) is 9.47 Å². The highest BCUT2D eigenvalue weighted by atomic mass is 31.2. The van der Waals surface area contributed by atoms with E-state index in [0.29, 0.717) is 19.1 Å². The van der Waals surface area contributed by atoms with Crippen molar-refractivity contribution in [2.75, 3.05) is 6.61 Å². The number of halogens is 2. The highest BCUT2D eigenvalue weighted by Gasteiger charge is 2.44. The molecule has 4 rings (SSSR count). The van der Waals surface area contributed by atoms with Crippen LogP contribution >= 0.6 is 7.37 Å². The van der Waals surface area contributed by atoms with E-state index in [2.05, 4.69) is 5.32 Å². The second kappa shape index (κ2) is 7.74. The van der Waals surface area contributed by atoms with Gasteiger partial charge in [0.25, 0.3) is 5.91 Å². The fourth-order valence-electron chi connectivity index (χ4n) is 3.81. The maximum atomic E-state index is 13.7. The van der Waals surface area contributed by atoms with E-state index in [9.17, 15) is 32.9 Å². The number of nitrogens with one attached hydrogen (secondary N) is 1. The van der Waals surface area contributed by atoms with Crippen LogP contribution in [0.5, 0.6) is 5.75 Å². The maximum absolute atomic E-state index is 13.7. The van der Waals surface area contributed by atoms with E-state index < -0.39 is 54.4 Å². The molecule has 0 radical (unpaired) electrons. The van der Waals surface area contributed by atoms with Crippen LogP contribution in [-0.2, 0) is 22.4 Å². The first-order valence-corrected chi connectivity index (χ1v) is 11.2. The van der Waals surface area contributed by atoms with Crippen LogP contribution < -0.4 is 10.6 Å². The lowest BCUT2D eigenvalue weighted by Crippen LogP contribution is -2.56. The molecule has 3 N–H and O–H groups in total. The summed E-state index contributed by atoms with van der Waals surface area (Å²) in [5, 5.41) is 12.1. The van der Waals surface area contributed by atoms with Crippen molar-refractivity contribution in [1.82, 2.24) is 14.8 Å². The number of carbonyl (C=O) groups excluding carboxylic acids is 2. The van der Waals surface area contributed by atoms with Crippen LogP contribution in [0.2, 0.25) is 0 Å². The van der Waals surface area contributed by atoms with Gasteiger partial charge in [0.2, 0.25) is 0 Å². The summed E-state index contributed by atoms with van der Waals surface area (Å²) < 4.78 is 46.5. The average Bonchev–Trinajstić information content (AvgIpc) is 3.04. The Labute approximate surface area is 175 Å². The fraction of sp³-hybridized carbons (Fsp3) is 0.368. The third-order valence-electron chi connectivity index (χ3n) is 5.50. The normalized spacial score (nSPS) is 22.5. The predicted octanol–water partition coefficient (Wildman–Crippen LogP) is 1.87. The van der Waals surface area contributed by atoms with Gasteiger partial charge in [-0.15, -0.1) is 0 Å². The SMILES string of the molecule is C[C@@H]1CCO[C@H]2Cn3cc(P(=O)(O)C(=O)NCc4ccc(F)cc4F)c(O)c3C(=O)N12. The molecule has 3 atom stereocenters. The van der Waals surface area contributed by atoms with Gasteiger partial charge in [0.1, 0.15) is 16.9 Å². The number of nitrogens with zero attached hydrogens (tertiary/aromatic N) is 2. The number of benzene rings is 1.